The summed E-state index contributed by atoms with van der Waals surface area (Å²) in [6.45, 7) is 0.700. The van der Waals surface area contributed by atoms with E-state index in [4.69, 9.17) is 14.7 Å². The van der Waals surface area contributed by atoms with E-state index in [1.165, 1.54) is 0 Å². The summed E-state index contributed by atoms with van der Waals surface area (Å²) in [4.78, 5) is 0. The number of fused-ring (bicyclic) bond motifs is 1. The molecule has 1 heterocycles. The highest BCUT2D eigenvalue weighted by Gasteiger charge is 2.21. The molecule has 0 amide bonds. The Morgan fingerprint density at radius 1 is 1.60 bits per heavy atom. The van der Waals surface area contributed by atoms with Crippen molar-refractivity contribution in [2.75, 3.05) is 13.7 Å². The van der Waals surface area contributed by atoms with E-state index in [9.17, 15) is 0 Å². The van der Waals surface area contributed by atoms with Crippen LogP contribution in [-0.2, 0) is 0 Å². The van der Waals surface area contributed by atoms with Gasteiger partial charge in [0.1, 0.15) is 11.5 Å². The van der Waals surface area contributed by atoms with E-state index in [1.54, 1.807) is 7.11 Å². The SMILES string of the molecule is COc1ccc2c(c1)C(CC#N)CCO2. The van der Waals surface area contributed by atoms with Crippen molar-refractivity contribution < 1.29 is 9.47 Å². The molecule has 15 heavy (non-hydrogen) atoms. The van der Waals surface area contributed by atoms with Crippen LogP contribution in [0, 0.1) is 11.3 Å². The van der Waals surface area contributed by atoms with Gasteiger partial charge in [0.25, 0.3) is 0 Å². The molecule has 0 bridgehead atoms. The van der Waals surface area contributed by atoms with Crippen molar-refractivity contribution in [2.24, 2.45) is 0 Å². The fraction of sp³-hybridized carbons (Fsp3) is 0.417. The van der Waals surface area contributed by atoms with Gasteiger partial charge in [-0.3, -0.25) is 0 Å². The van der Waals surface area contributed by atoms with E-state index < -0.39 is 0 Å². The Labute approximate surface area is 89.2 Å². The van der Waals surface area contributed by atoms with Crippen molar-refractivity contribution in [3.8, 4) is 17.6 Å². The third kappa shape index (κ3) is 1.89. The van der Waals surface area contributed by atoms with Gasteiger partial charge in [-0.2, -0.15) is 5.26 Å². The molecule has 0 aromatic heterocycles. The second-order valence-electron chi connectivity index (χ2n) is 3.60. The van der Waals surface area contributed by atoms with Crippen LogP contribution in [0.5, 0.6) is 11.5 Å². The standard InChI is InChI=1S/C12H13NO2/c1-14-10-2-3-12-11(8-10)9(4-6-13)5-7-15-12/h2-3,8-9H,4-5,7H2,1H3. The first-order valence-electron chi connectivity index (χ1n) is 5.03. The molecule has 0 aliphatic carbocycles. The molecule has 1 atom stereocenters. The van der Waals surface area contributed by atoms with Gasteiger partial charge < -0.3 is 9.47 Å². The van der Waals surface area contributed by atoms with Crippen molar-refractivity contribution in [3.63, 3.8) is 0 Å². The maximum absolute atomic E-state index is 8.75. The zero-order chi connectivity index (χ0) is 10.7. The quantitative estimate of drug-likeness (QED) is 0.741. The van der Waals surface area contributed by atoms with E-state index in [2.05, 4.69) is 6.07 Å². The molecule has 1 aliphatic heterocycles. The monoisotopic (exact) mass is 203 g/mol. The predicted molar refractivity (Wildman–Crippen MR) is 56.1 cm³/mol. The van der Waals surface area contributed by atoms with Crippen molar-refractivity contribution in [1.29, 1.82) is 5.26 Å². The van der Waals surface area contributed by atoms with E-state index in [-0.39, 0.29) is 5.92 Å². The molecular formula is C12H13NO2. The molecular weight excluding hydrogens is 190 g/mol. The van der Waals surface area contributed by atoms with E-state index in [0.29, 0.717) is 13.0 Å². The first-order chi connectivity index (χ1) is 7.35. The molecule has 3 heteroatoms. The molecule has 1 aromatic rings. The minimum atomic E-state index is 0.286. The van der Waals surface area contributed by atoms with Crippen LogP contribution in [0.2, 0.25) is 0 Å². The Morgan fingerprint density at radius 3 is 3.20 bits per heavy atom. The van der Waals surface area contributed by atoms with Gasteiger partial charge in [0.05, 0.1) is 19.8 Å². The van der Waals surface area contributed by atoms with Crippen LogP contribution in [-0.4, -0.2) is 13.7 Å². The maximum Gasteiger partial charge on any atom is 0.123 e. The molecule has 0 spiro atoms. The third-order valence-electron chi connectivity index (χ3n) is 2.72. The fourth-order valence-corrected chi connectivity index (χ4v) is 1.89. The second-order valence-corrected chi connectivity index (χ2v) is 3.60. The van der Waals surface area contributed by atoms with Crippen LogP contribution < -0.4 is 9.47 Å². The summed E-state index contributed by atoms with van der Waals surface area (Å²) in [6, 6.07) is 7.99. The average molecular weight is 203 g/mol. The Bertz CT molecular complexity index is 395. The minimum absolute atomic E-state index is 0.286. The normalized spacial score (nSPS) is 18.5. The highest BCUT2D eigenvalue weighted by atomic mass is 16.5. The number of ether oxygens (including phenoxy) is 2. The molecule has 1 aliphatic rings. The molecule has 2 rings (SSSR count). The molecule has 0 fully saturated rings. The fourth-order valence-electron chi connectivity index (χ4n) is 1.89. The largest absolute Gasteiger partial charge is 0.497 e. The number of rotatable bonds is 2. The third-order valence-corrected chi connectivity index (χ3v) is 2.72. The number of hydrogen-bond donors (Lipinski definition) is 0. The van der Waals surface area contributed by atoms with Crippen LogP contribution >= 0.6 is 0 Å². The Morgan fingerprint density at radius 2 is 2.47 bits per heavy atom. The zero-order valence-electron chi connectivity index (χ0n) is 8.69. The lowest BCUT2D eigenvalue weighted by Gasteiger charge is -2.24. The molecule has 78 valence electrons. The molecule has 1 unspecified atom stereocenters. The highest BCUT2D eigenvalue weighted by Crippen LogP contribution is 2.37. The predicted octanol–water partition coefficient (Wildman–Crippen LogP) is 2.47. The molecule has 0 saturated carbocycles. The number of hydrogen-bond acceptors (Lipinski definition) is 3. The summed E-state index contributed by atoms with van der Waals surface area (Å²) < 4.78 is 10.7. The first-order valence-corrected chi connectivity index (χ1v) is 5.03. The molecule has 0 saturated heterocycles. The van der Waals surface area contributed by atoms with E-state index in [1.807, 2.05) is 18.2 Å². The minimum Gasteiger partial charge on any atom is -0.497 e. The van der Waals surface area contributed by atoms with Crippen molar-refractivity contribution in [3.05, 3.63) is 23.8 Å². The van der Waals surface area contributed by atoms with Crippen LogP contribution in [0.3, 0.4) is 0 Å². The number of nitriles is 1. The van der Waals surface area contributed by atoms with Crippen molar-refractivity contribution in [2.45, 2.75) is 18.8 Å². The van der Waals surface area contributed by atoms with Crippen LogP contribution in [0.15, 0.2) is 18.2 Å². The van der Waals surface area contributed by atoms with Gasteiger partial charge in [0, 0.05) is 17.9 Å². The molecule has 0 N–H and O–H groups in total. The van der Waals surface area contributed by atoms with E-state index in [0.717, 1.165) is 23.5 Å². The van der Waals surface area contributed by atoms with Gasteiger partial charge in [-0.05, 0) is 24.6 Å². The lowest BCUT2D eigenvalue weighted by molar-refractivity contribution is 0.267. The summed E-state index contributed by atoms with van der Waals surface area (Å²) in [5.41, 5.74) is 1.10. The summed E-state index contributed by atoms with van der Waals surface area (Å²) in [7, 11) is 1.64. The topological polar surface area (TPSA) is 42.2 Å². The van der Waals surface area contributed by atoms with Gasteiger partial charge in [-0.15, -0.1) is 0 Å². The zero-order valence-corrected chi connectivity index (χ0v) is 8.69. The van der Waals surface area contributed by atoms with Crippen LogP contribution in [0.25, 0.3) is 0 Å². The second kappa shape index (κ2) is 4.22. The lowest BCUT2D eigenvalue weighted by atomic mass is 9.91. The Balaban J connectivity index is 2.35. The lowest BCUT2D eigenvalue weighted by Crippen LogP contribution is -2.13. The van der Waals surface area contributed by atoms with Gasteiger partial charge in [-0.25, -0.2) is 0 Å². The Hall–Kier alpha value is -1.69. The van der Waals surface area contributed by atoms with E-state index >= 15 is 0 Å². The maximum atomic E-state index is 8.75. The first kappa shape index (κ1) is 9.85. The van der Waals surface area contributed by atoms with Gasteiger partial charge >= 0.3 is 0 Å². The number of methoxy groups -OCH3 is 1. The summed E-state index contributed by atoms with van der Waals surface area (Å²) in [5.74, 6) is 2.00. The summed E-state index contributed by atoms with van der Waals surface area (Å²) in [5, 5.41) is 8.75. The molecule has 1 aromatic carbocycles. The summed E-state index contributed by atoms with van der Waals surface area (Å²) >= 11 is 0. The average Bonchev–Trinajstić information content (AvgIpc) is 2.29. The summed E-state index contributed by atoms with van der Waals surface area (Å²) in [6.07, 6.45) is 1.46. The Kier molecular flexibility index (Phi) is 2.77. The number of nitrogens with zero attached hydrogens (tertiary/aromatic N) is 1. The van der Waals surface area contributed by atoms with Gasteiger partial charge in [0.2, 0.25) is 0 Å². The highest BCUT2D eigenvalue weighted by molar-refractivity contribution is 5.43. The van der Waals surface area contributed by atoms with Crippen molar-refractivity contribution >= 4 is 0 Å². The van der Waals surface area contributed by atoms with Crippen molar-refractivity contribution in [1.82, 2.24) is 0 Å². The van der Waals surface area contributed by atoms with Gasteiger partial charge in [0.15, 0.2) is 0 Å². The van der Waals surface area contributed by atoms with Gasteiger partial charge in [-0.1, -0.05) is 0 Å². The van der Waals surface area contributed by atoms with Crippen LogP contribution in [0.1, 0.15) is 24.3 Å². The molecule has 0 radical (unpaired) electrons. The number of benzene rings is 1. The smallest absolute Gasteiger partial charge is 0.123 e. The molecule has 3 nitrogen and oxygen atoms in total. The van der Waals surface area contributed by atoms with Crippen LogP contribution in [0.4, 0.5) is 0 Å².